The zero-order valence-electron chi connectivity index (χ0n) is 12.8. The van der Waals surface area contributed by atoms with E-state index >= 15 is 0 Å². The van der Waals surface area contributed by atoms with Gasteiger partial charge in [0.1, 0.15) is 0 Å². The molecule has 112 valence electrons. The number of nitrogens with one attached hydrogen (secondary N) is 1. The first kappa shape index (κ1) is 13.3. The van der Waals surface area contributed by atoms with Crippen molar-refractivity contribution in [2.24, 2.45) is 0 Å². The smallest absolute Gasteiger partial charge is 0.231 e. The molecule has 2 saturated carbocycles. The summed E-state index contributed by atoms with van der Waals surface area (Å²) in [6.07, 6.45) is 5.62. The molecule has 0 radical (unpaired) electrons. The van der Waals surface area contributed by atoms with E-state index in [-0.39, 0.29) is 16.9 Å². The predicted octanol–water partition coefficient (Wildman–Crippen LogP) is 2.38. The minimum atomic E-state index is -0.224. The lowest BCUT2D eigenvalue weighted by molar-refractivity contribution is -0.124. The van der Waals surface area contributed by atoms with Crippen molar-refractivity contribution in [1.82, 2.24) is 10.2 Å². The summed E-state index contributed by atoms with van der Waals surface area (Å²) in [4.78, 5) is 15.3. The largest absolute Gasteiger partial charge is 0.349 e. The lowest BCUT2D eigenvalue weighted by atomic mass is 9.93. The van der Waals surface area contributed by atoms with E-state index in [1.165, 1.54) is 30.6 Å². The maximum Gasteiger partial charge on any atom is 0.231 e. The molecule has 1 aromatic rings. The van der Waals surface area contributed by atoms with Gasteiger partial charge < -0.3 is 10.2 Å². The van der Waals surface area contributed by atoms with E-state index in [1.54, 1.807) is 0 Å². The topological polar surface area (TPSA) is 32.3 Å². The Kier molecular flexibility index (Phi) is 2.90. The molecule has 3 aliphatic rings. The van der Waals surface area contributed by atoms with Gasteiger partial charge in [0.05, 0.1) is 11.0 Å². The Labute approximate surface area is 126 Å². The third-order valence-corrected chi connectivity index (χ3v) is 5.50. The molecule has 21 heavy (non-hydrogen) atoms. The number of hydrogen-bond donors (Lipinski definition) is 1. The summed E-state index contributed by atoms with van der Waals surface area (Å²) in [6.45, 7) is 5.57. The summed E-state index contributed by atoms with van der Waals surface area (Å²) < 4.78 is 0. The fourth-order valence-electron chi connectivity index (χ4n) is 3.45. The minimum absolute atomic E-state index is 0.0950. The summed E-state index contributed by atoms with van der Waals surface area (Å²) in [7, 11) is 0. The maximum atomic E-state index is 12.8. The third kappa shape index (κ3) is 2.38. The highest BCUT2D eigenvalue weighted by molar-refractivity contribution is 5.92. The van der Waals surface area contributed by atoms with Crippen molar-refractivity contribution < 1.29 is 4.79 Å². The number of likely N-dealkylation sites (tertiary alicyclic amines) is 1. The summed E-state index contributed by atoms with van der Waals surface area (Å²) in [6, 6.07) is 8.51. The van der Waals surface area contributed by atoms with Crippen molar-refractivity contribution in [3.63, 3.8) is 0 Å². The summed E-state index contributed by atoms with van der Waals surface area (Å²) in [5.41, 5.74) is 2.33. The van der Waals surface area contributed by atoms with Crippen LogP contribution in [0.15, 0.2) is 24.3 Å². The van der Waals surface area contributed by atoms with Crippen LogP contribution in [0.3, 0.4) is 0 Å². The van der Waals surface area contributed by atoms with Gasteiger partial charge in [-0.2, -0.15) is 0 Å². The molecule has 0 aromatic heterocycles. The van der Waals surface area contributed by atoms with Gasteiger partial charge in [-0.05, 0) is 57.7 Å². The van der Waals surface area contributed by atoms with E-state index in [2.05, 4.69) is 41.4 Å². The second kappa shape index (κ2) is 4.57. The van der Waals surface area contributed by atoms with E-state index in [4.69, 9.17) is 0 Å². The quantitative estimate of drug-likeness (QED) is 0.900. The van der Waals surface area contributed by atoms with Gasteiger partial charge in [0, 0.05) is 6.54 Å². The first-order chi connectivity index (χ1) is 10.1. The molecule has 1 amide bonds. The number of amides is 1. The van der Waals surface area contributed by atoms with Crippen molar-refractivity contribution in [2.75, 3.05) is 19.6 Å². The van der Waals surface area contributed by atoms with Crippen LogP contribution in [-0.4, -0.2) is 36.0 Å². The van der Waals surface area contributed by atoms with Gasteiger partial charge in [-0.3, -0.25) is 4.79 Å². The van der Waals surface area contributed by atoms with Crippen molar-refractivity contribution >= 4 is 5.91 Å². The van der Waals surface area contributed by atoms with Gasteiger partial charge in [0.2, 0.25) is 5.91 Å². The Morgan fingerprint density at radius 3 is 2.29 bits per heavy atom. The Morgan fingerprint density at radius 2 is 1.81 bits per heavy atom. The molecular weight excluding hydrogens is 260 g/mol. The molecule has 1 heterocycles. The SMILES string of the molecule is Cc1ccc(C2(C(=O)NC3(CN4CCC4)CC3)CC2)cc1. The maximum absolute atomic E-state index is 12.8. The number of aryl methyl sites for hydroxylation is 1. The highest BCUT2D eigenvalue weighted by Gasteiger charge is 2.55. The Bertz CT molecular complexity index is 551. The number of carbonyl (C=O) groups excluding carboxylic acids is 1. The highest BCUT2D eigenvalue weighted by atomic mass is 16.2. The normalized spacial score (nSPS) is 25.0. The van der Waals surface area contributed by atoms with E-state index in [0.29, 0.717) is 0 Å². The fraction of sp³-hybridized carbons (Fsp3) is 0.611. The molecular formula is C18H24N2O. The summed E-state index contributed by atoms with van der Waals surface area (Å²) >= 11 is 0. The number of benzene rings is 1. The van der Waals surface area contributed by atoms with Crippen LogP contribution in [0.5, 0.6) is 0 Å². The number of nitrogens with zero attached hydrogens (tertiary/aromatic N) is 1. The van der Waals surface area contributed by atoms with Crippen molar-refractivity contribution in [1.29, 1.82) is 0 Å². The minimum Gasteiger partial charge on any atom is -0.349 e. The zero-order chi connectivity index (χ0) is 14.5. The number of hydrogen-bond acceptors (Lipinski definition) is 2. The summed E-state index contributed by atoms with van der Waals surface area (Å²) in [5.74, 6) is 0.268. The second-order valence-corrected chi connectivity index (χ2v) is 7.31. The fourth-order valence-corrected chi connectivity index (χ4v) is 3.45. The second-order valence-electron chi connectivity index (χ2n) is 7.31. The average Bonchev–Trinajstić information content (AvgIpc) is 3.31. The Hall–Kier alpha value is -1.35. The van der Waals surface area contributed by atoms with Crippen LogP contribution < -0.4 is 5.32 Å². The molecule has 0 bridgehead atoms. The van der Waals surface area contributed by atoms with Gasteiger partial charge >= 0.3 is 0 Å². The van der Waals surface area contributed by atoms with Crippen LogP contribution in [0, 0.1) is 6.92 Å². The van der Waals surface area contributed by atoms with Crippen molar-refractivity contribution in [3.05, 3.63) is 35.4 Å². The Balaban J connectivity index is 1.46. The highest BCUT2D eigenvalue weighted by Crippen LogP contribution is 2.50. The molecule has 3 nitrogen and oxygen atoms in total. The average molecular weight is 284 g/mol. The van der Waals surface area contributed by atoms with Gasteiger partial charge in [-0.15, -0.1) is 0 Å². The first-order valence-corrected chi connectivity index (χ1v) is 8.24. The van der Waals surface area contributed by atoms with Crippen molar-refractivity contribution in [2.45, 2.75) is 50.0 Å². The molecule has 2 aliphatic carbocycles. The van der Waals surface area contributed by atoms with Crippen LogP contribution in [0.25, 0.3) is 0 Å². The van der Waals surface area contributed by atoms with Gasteiger partial charge in [-0.25, -0.2) is 0 Å². The number of carbonyl (C=O) groups is 1. The monoisotopic (exact) mass is 284 g/mol. The van der Waals surface area contributed by atoms with Crippen LogP contribution in [0.1, 0.15) is 43.2 Å². The standard InChI is InChI=1S/C18H24N2O/c1-14-3-5-15(6-4-14)18(9-10-18)16(21)19-17(7-8-17)13-20-11-2-12-20/h3-6H,2,7-13H2,1H3,(H,19,21). The molecule has 0 unspecified atom stereocenters. The number of rotatable bonds is 5. The summed E-state index contributed by atoms with van der Waals surface area (Å²) in [5, 5.41) is 3.40. The van der Waals surface area contributed by atoms with Gasteiger partial charge in [0.25, 0.3) is 0 Å². The molecule has 0 atom stereocenters. The lowest BCUT2D eigenvalue weighted by Gasteiger charge is -2.35. The first-order valence-electron chi connectivity index (χ1n) is 8.24. The molecule has 3 fully saturated rings. The Morgan fingerprint density at radius 1 is 1.14 bits per heavy atom. The molecule has 1 saturated heterocycles. The zero-order valence-corrected chi connectivity index (χ0v) is 12.8. The van der Waals surface area contributed by atoms with Gasteiger partial charge in [-0.1, -0.05) is 29.8 Å². The van der Waals surface area contributed by atoms with Crippen LogP contribution >= 0.6 is 0 Å². The third-order valence-electron chi connectivity index (χ3n) is 5.50. The lowest BCUT2D eigenvalue weighted by Crippen LogP contribution is -2.52. The van der Waals surface area contributed by atoms with Crippen molar-refractivity contribution in [3.8, 4) is 0 Å². The molecule has 3 heteroatoms. The molecule has 4 rings (SSSR count). The molecule has 1 aromatic carbocycles. The molecule has 0 spiro atoms. The van der Waals surface area contributed by atoms with Crippen LogP contribution in [0.2, 0.25) is 0 Å². The van der Waals surface area contributed by atoms with E-state index in [0.717, 1.165) is 32.2 Å². The predicted molar refractivity (Wildman–Crippen MR) is 83.3 cm³/mol. The molecule has 1 aliphatic heterocycles. The van der Waals surface area contributed by atoms with Crippen LogP contribution in [-0.2, 0) is 10.2 Å². The molecule has 1 N–H and O–H groups in total. The van der Waals surface area contributed by atoms with Crippen LogP contribution in [0.4, 0.5) is 0 Å². The van der Waals surface area contributed by atoms with E-state index in [9.17, 15) is 4.79 Å². The van der Waals surface area contributed by atoms with E-state index < -0.39 is 0 Å². The van der Waals surface area contributed by atoms with Gasteiger partial charge in [0.15, 0.2) is 0 Å². The van der Waals surface area contributed by atoms with E-state index in [1.807, 2.05) is 0 Å².